The molecule has 0 aromatic carbocycles. The maximum absolute atomic E-state index is 12.6. The summed E-state index contributed by atoms with van der Waals surface area (Å²) in [6, 6.07) is -0.545. The van der Waals surface area contributed by atoms with E-state index in [1.807, 2.05) is 34.6 Å². The van der Waals surface area contributed by atoms with E-state index in [-0.39, 0.29) is 11.9 Å². The number of nitrogens with zero attached hydrogens (tertiary/aromatic N) is 1. The lowest BCUT2D eigenvalue weighted by molar-refractivity contribution is -0.159. The van der Waals surface area contributed by atoms with Crippen molar-refractivity contribution in [2.24, 2.45) is 5.92 Å². The zero-order valence-corrected chi connectivity index (χ0v) is 16.3. The van der Waals surface area contributed by atoms with Gasteiger partial charge in [-0.1, -0.05) is 46.5 Å². The summed E-state index contributed by atoms with van der Waals surface area (Å²) in [4.78, 5) is 26.6. The van der Waals surface area contributed by atoms with E-state index >= 15 is 0 Å². The van der Waals surface area contributed by atoms with Gasteiger partial charge in [0, 0.05) is 12.0 Å². The Labute approximate surface area is 143 Å². The number of esters is 1. The molecule has 0 N–H and O–H groups in total. The SMILES string of the molecule is CCCCCCCC(=O)N(C(C)C(=O)OCC(C)C)C(C)(C)C. The zero-order chi connectivity index (χ0) is 18.0. The minimum Gasteiger partial charge on any atom is -0.464 e. The molecular formula is C19H37NO3. The Balaban J connectivity index is 4.67. The minimum atomic E-state index is -0.545. The third-order valence-electron chi connectivity index (χ3n) is 3.77. The highest BCUT2D eigenvalue weighted by molar-refractivity contribution is 5.84. The molecule has 0 aromatic rings. The average Bonchev–Trinajstić information content (AvgIpc) is 2.42. The second kappa shape index (κ2) is 10.7. The third-order valence-corrected chi connectivity index (χ3v) is 3.77. The number of carbonyl (C=O) groups excluding carboxylic acids is 2. The van der Waals surface area contributed by atoms with Crippen molar-refractivity contribution in [2.75, 3.05) is 6.61 Å². The molecule has 0 heterocycles. The zero-order valence-electron chi connectivity index (χ0n) is 16.3. The fraction of sp³-hybridized carbons (Fsp3) is 0.895. The van der Waals surface area contributed by atoms with Crippen LogP contribution in [0.1, 0.15) is 87.0 Å². The molecule has 0 aromatic heterocycles. The number of rotatable bonds is 10. The van der Waals surface area contributed by atoms with Crippen LogP contribution in [0.3, 0.4) is 0 Å². The van der Waals surface area contributed by atoms with Crippen molar-refractivity contribution in [3.05, 3.63) is 0 Å². The first kappa shape index (κ1) is 21.9. The van der Waals surface area contributed by atoms with Crippen molar-refractivity contribution >= 4 is 11.9 Å². The van der Waals surface area contributed by atoms with Gasteiger partial charge in [-0.25, -0.2) is 4.79 Å². The second-order valence-corrected chi connectivity index (χ2v) is 7.80. The van der Waals surface area contributed by atoms with Crippen LogP contribution in [0.4, 0.5) is 0 Å². The Bertz CT molecular complexity index is 358. The molecule has 1 atom stereocenters. The number of ether oxygens (including phenoxy) is 1. The predicted octanol–water partition coefficient (Wildman–Crippen LogP) is 4.56. The van der Waals surface area contributed by atoms with Crippen LogP contribution in [0.15, 0.2) is 0 Å². The summed E-state index contributed by atoms with van der Waals surface area (Å²) in [7, 11) is 0. The number of amides is 1. The van der Waals surface area contributed by atoms with Gasteiger partial charge in [-0.15, -0.1) is 0 Å². The lowest BCUT2D eigenvalue weighted by Gasteiger charge is -2.39. The van der Waals surface area contributed by atoms with Crippen LogP contribution in [0, 0.1) is 5.92 Å². The monoisotopic (exact) mass is 327 g/mol. The minimum absolute atomic E-state index is 0.0444. The summed E-state index contributed by atoms with van der Waals surface area (Å²) in [6.07, 6.45) is 6.05. The van der Waals surface area contributed by atoms with Gasteiger partial charge >= 0.3 is 5.97 Å². The number of hydrogen-bond acceptors (Lipinski definition) is 3. The third kappa shape index (κ3) is 8.97. The summed E-state index contributed by atoms with van der Waals surface area (Å²) in [6.45, 7) is 14.2. The first-order valence-corrected chi connectivity index (χ1v) is 9.10. The molecular weight excluding hydrogens is 290 g/mol. The van der Waals surface area contributed by atoms with Crippen LogP contribution < -0.4 is 0 Å². The van der Waals surface area contributed by atoms with E-state index in [1.54, 1.807) is 11.8 Å². The molecule has 0 bridgehead atoms. The Morgan fingerprint density at radius 2 is 1.57 bits per heavy atom. The summed E-state index contributed by atoms with van der Waals surface area (Å²) in [5.74, 6) is 0.0273. The van der Waals surface area contributed by atoms with Gasteiger partial charge in [-0.2, -0.15) is 0 Å². The van der Waals surface area contributed by atoms with Gasteiger partial charge in [0.1, 0.15) is 6.04 Å². The van der Waals surface area contributed by atoms with E-state index in [1.165, 1.54) is 19.3 Å². The number of carbonyl (C=O) groups is 2. The molecule has 23 heavy (non-hydrogen) atoms. The fourth-order valence-corrected chi connectivity index (χ4v) is 2.65. The van der Waals surface area contributed by atoms with Gasteiger partial charge in [0.2, 0.25) is 5.91 Å². The quantitative estimate of drug-likeness (QED) is 0.436. The predicted molar refractivity (Wildman–Crippen MR) is 95.2 cm³/mol. The lowest BCUT2D eigenvalue weighted by Crippen LogP contribution is -2.54. The van der Waals surface area contributed by atoms with Gasteiger partial charge in [0.15, 0.2) is 0 Å². The molecule has 0 aliphatic carbocycles. The van der Waals surface area contributed by atoms with Crippen molar-refractivity contribution < 1.29 is 14.3 Å². The Morgan fingerprint density at radius 3 is 2.04 bits per heavy atom. The van der Waals surface area contributed by atoms with Crippen molar-refractivity contribution in [2.45, 2.75) is 98.6 Å². The van der Waals surface area contributed by atoms with E-state index in [4.69, 9.17) is 4.74 Å². The summed E-state index contributed by atoms with van der Waals surface area (Å²) < 4.78 is 5.32. The van der Waals surface area contributed by atoms with Gasteiger partial charge in [0.05, 0.1) is 6.61 Å². The van der Waals surface area contributed by atoms with Crippen molar-refractivity contribution in [3.63, 3.8) is 0 Å². The first-order valence-electron chi connectivity index (χ1n) is 9.10. The maximum atomic E-state index is 12.6. The van der Waals surface area contributed by atoms with Gasteiger partial charge in [-0.05, 0) is 40.0 Å². The highest BCUT2D eigenvalue weighted by Gasteiger charge is 2.34. The first-order chi connectivity index (χ1) is 10.6. The average molecular weight is 328 g/mol. The largest absolute Gasteiger partial charge is 0.464 e. The summed E-state index contributed by atoms with van der Waals surface area (Å²) >= 11 is 0. The molecule has 0 aliphatic rings. The van der Waals surface area contributed by atoms with E-state index in [2.05, 4.69) is 6.92 Å². The topological polar surface area (TPSA) is 46.6 Å². The van der Waals surface area contributed by atoms with E-state index in [9.17, 15) is 9.59 Å². The van der Waals surface area contributed by atoms with Crippen LogP contribution in [-0.4, -0.2) is 35.0 Å². The van der Waals surface area contributed by atoms with Crippen LogP contribution in [0.25, 0.3) is 0 Å². The molecule has 0 fully saturated rings. The van der Waals surface area contributed by atoms with Crippen LogP contribution in [0.2, 0.25) is 0 Å². The molecule has 1 unspecified atom stereocenters. The Hall–Kier alpha value is -1.06. The maximum Gasteiger partial charge on any atom is 0.328 e. The lowest BCUT2D eigenvalue weighted by atomic mass is 10.0. The molecule has 0 radical (unpaired) electrons. The molecule has 0 saturated heterocycles. The summed E-state index contributed by atoms with van der Waals surface area (Å²) in [5, 5.41) is 0. The second-order valence-electron chi connectivity index (χ2n) is 7.80. The Morgan fingerprint density at radius 1 is 1.00 bits per heavy atom. The molecule has 136 valence electrons. The highest BCUT2D eigenvalue weighted by Crippen LogP contribution is 2.21. The molecule has 0 saturated carbocycles. The smallest absolute Gasteiger partial charge is 0.328 e. The molecule has 0 rings (SSSR count). The van der Waals surface area contributed by atoms with Crippen molar-refractivity contribution in [1.29, 1.82) is 0 Å². The van der Waals surface area contributed by atoms with Gasteiger partial charge < -0.3 is 9.64 Å². The standard InChI is InChI=1S/C19H37NO3/c1-8-9-10-11-12-13-17(21)20(19(5,6)7)16(4)18(22)23-14-15(2)3/h15-16H,8-14H2,1-7H3. The van der Waals surface area contributed by atoms with Crippen LogP contribution in [0.5, 0.6) is 0 Å². The molecule has 4 nitrogen and oxygen atoms in total. The molecule has 1 amide bonds. The van der Waals surface area contributed by atoms with Crippen molar-refractivity contribution in [1.82, 2.24) is 4.90 Å². The van der Waals surface area contributed by atoms with Crippen molar-refractivity contribution in [3.8, 4) is 0 Å². The number of hydrogen-bond donors (Lipinski definition) is 0. The Kier molecular flexibility index (Phi) is 10.2. The molecule has 4 heteroatoms. The fourth-order valence-electron chi connectivity index (χ4n) is 2.65. The normalized spacial score (nSPS) is 13.0. The highest BCUT2D eigenvalue weighted by atomic mass is 16.5. The van der Waals surface area contributed by atoms with Gasteiger partial charge in [-0.3, -0.25) is 4.79 Å². The molecule has 0 aliphatic heterocycles. The summed E-state index contributed by atoms with van der Waals surface area (Å²) in [5.41, 5.74) is -0.392. The van der Waals surface area contributed by atoms with Crippen LogP contribution in [-0.2, 0) is 14.3 Å². The van der Waals surface area contributed by atoms with E-state index < -0.39 is 11.6 Å². The molecule has 0 spiro atoms. The van der Waals surface area contributed by atoms with E-state index in [0.717, 1.165) is 12.8 Å². The van der Waals surface area contributed by atoms with Crippen LogP contribution >= 0.6 is 0 Å². The van der Waals surface area contributed by atoms with Gasteiger partial charge in [0.25, 0.3) is 0 Å². The number of unbranched alkanes of at least 4 members (excludes halogenated alkanes) is 4. The van der Waals surface area contributed by atoms with E-state index in [0.29, 0.717) is 18.9 Å².